The molecule has 4 rings (SSSR count). The summed E-state index contributed by atoms with van der Waals surface area (Å²) in [6.07, 6.45) is 5.71. The van der Waals surface area contributed by atoms with Crippen molar-refractivity contribution in [3.8, 4) is 0 Å². The van der Waals surface area contributed by atoms with E-state index in [-0.39, 0.29) is 0 Å². The van der Waals surface area contributed by atoms with Gasteiger partial charge in [0.15, 0.2) is 5.82 Å². The van der Waals surface area contributed by atoms with Crippen molar-refractivity contribution in [2.45, 2.75) is 12.8 Å². The van der Waals surface area contributed by atoms with E-state index in [1.165, 1.54) is 5.57 Å². The summed E-state index contributed by atoms with van der Waals surface area (Å²) in [5, 5.41) is 2.18. The van der Waals surface area contributed by atoms with Gasteiger partial charge in [0.05, 0.1) is 21.8 Å². The Labute approximate surface area is 137 Å². The summed E-state index contributed by atoms with van der Waals surface area (Å²) in [7, 11) is 0. The van der Waals surface area contributed by atoms with Crippen LogP contribution in [0.25, 0.3) is 26.7 Å². The predicted molar refractivity (Wildman–Crippen MR) is 98.0 cm³/mol. The Morgan fingerprint density at radius 3 is 2.91 bits per heavy atom. The van der Waals surface area contributed by atoms with E-state index in [0.29, 0.717) is 12.4 Å². The molecule has 0 atom stereocenters. The highest BCUT2D eigenvalue weighted by Gasteiger charge is 2.13. The number of aliphatic imine (C=N–C) groups is 1. The Balaban J connectivity index is 1.85. The first-order valence-electron chi connectivity index (χ1n) is 7.64. The Morgan fingerprint density at radius 1 is 1.22 bits per heavy atom. The minimum Gasteiger partial charge on any atom is -0.382 e. The average molecular weight is 323 g/mol. The van der Waals surface area contributed by atoms with Gasteiger partial charge in [-0.2, -0.15) is 0 Å². The molecular formula is C17H17N5S. The van der Waals surface area contributed by atoms with Crippen molar-refractivity contribution in [2.24, 2.45) is 10.7 Å². The van der Waals surface area contributed by atoms with E-state index < -0.39 is 0 Å². The van der Waals surface area contributed by atoms with Crippen LogP contribution in [0.15, 0.2) is 29.3 Å². The first kappa shape index (κ1) is 14.3. The second-order valence-electron chi connectivity index (χ2n) is 5.59. The van der Waals surface area contributed by atoms with Crippen molar-refractivity contribution in [1.82, 2.24) is 9.97 Å². The maximum Gasteiger partial charge on any atom is 0.151 e. The first-order valence-corrected chi connectivity index (χ1v) is 8.46. The molecule has 0 radical (unpaired) electrons. The van der Waals surface area contributed by atoms with E-state index >= 15 is 0 Å². The number of anilines is 1. The monoisotopic (exact) mass is 323 g/mol. The minimum absolute atomic E-state index is 0.497. The van der Waals surface area contributed by atoms with Crippen LogP contribution in [0.1, 0.15) is 17.0 Å². The zero-order valence-electron chi connectivity index (χ0n) is 12.6. The number of pyridine rings is 1. The highest BCUT2D eigenvalue weighted by Crippen LogP contribution is 2.34. The lowest BCUT2D eigenvalue weighted by molar-refractivity contribution is 0.828. The van der Waals surface area contributed by atoms with Gasteiger partial charge in [-0.3, -0.25) is 4.99 Å². The Bertz CT molecular complexity index is 954. The van der Waals surface area contributed by atoms with Crippen molar-refractivity contribution < 1.29 is 0 Å². The third-order valence-electron chi connectivity index (χ3n) is 4.01. The molecule has 5 nitrogen and oxygen atoms in total. The molecule has 0 aliphatic carbocycles. The molecule has 1 aliphatic rings. The summed E-state index contributed by atoms with van der Waals surface area (Å²) in [4.78, 5) is 13.4. The molecule has 6 heteroatoms. The van der Waals surface area contributed by atoms with Gasteiger partial charge < -0.3 is 11.5 Å². The van der Waals surface area contributed by atoms with Crippen molar-refractivity contribution in [2.75, 3.05) is 18.8 Å². The van der Waals surface area contributed by atoms with Crippen LogP contribution in [0.5, 0.6) is 0 Å². The van der Waals surface area contributed by atoms with Crippen LogP contribution < -0.4 is 11.5 Å². The standard InChI is InChI=1S/C17H17N5S/c18-6-1-2-14-22-15-16(23-14)12-4-3-10(11-5-7-20-9-11)8-13(12)21-17(15)19/h3-5,7-8H,1-2,6,9,18H2,(H2,19,21). The number of nitrogens with two attached hydrogens (primary N) is 2. The van der Waals surface area contributed by atoms with Gasteiger partial charge in [-0.05, 0) is 36.2 Å². The number of benzene rings is 1. The molecule has 0 fully saturated rings. The molecule has 0 saturated carbocycles. The summed E-state index contributed by atoms with van der Waals surface area (Å²) in [5.74, 6) is 0.497. The molecule has 1 aliphatic heterocycles. The molecule has 23 heavy (non-hydrogen) atoms. The number of thiazole rings is 1. The third kappa shape index (κ3) is 2.50. The summed E-state index contributed by atoms with van der Waals surface area (Å²) in [6, 6.07) is 6.33. The molecule has 0 saturated heterocycles. The van der Waals surface area contributed by atoms with Crippen molar-refractivity contribution >= 4 is 50.1 Å². The third-order valence-corrected chi connectivity index (χ3v) is 5.15. The zero-order chi connectivity index (χ0) is 15.8. The second-order valence-corrected chi connectivity index (χ2v) is 6.67. The molecule has 3 aromatic rings. The first-order chi connectivity index (χ1) is 11.3. The number of aryl methyl sites for hydroxylation is 1. The number of nitrogen functional groups attached to an aromatic ring is 1. The van der Waals surface area contributed by atoms with Crippen molar-refractivity contribution in [1.29, 1.82) is 0 Å². The lowest BCUT2D eigenvalue weighted by Gasteiger charge is -2.05. The van der Waals surface area contributed by atoms with E-state index in [4.69, 9.17) is 11.5 Å². The van der Waals surface area contributed by atoms with E-state index in [9.17, 15) is 0 Å². The lowest BCUT2D eigenvalue weighted by atomic mass is 10.0. The molecule has 3 heterocycles. The van der Waals surface area contributed by atoms with Gasteiger partial charge in [0.2, 0.25) is 0 Å². The fourth-order valence-electron chi connectivity index (χ4n) is 2.81. The molecule has 0 unspecified atom stereocenters. The normalized spacial score (nSPS) is 14.0. The smallest absolute Gasteiger partial charge is 0.151 e. The number of hydrogen-bond acceptors (Lipinski definition) is 6. The molecular weight excluding hydrogens is 306 g/mol. The Morgan fingerprint density at radius 2 is 2.13 bits per heavy atom. The van der Waals surface area contributed by atoms with Crippen LogP contribution in [0.3, 0.4) is 0 Å². The summed E-state index contributed by atoms with van der Waals surface area (Å²) in [6.45, 7) is 1.40. The molecule has 0 spiro atoms. The maximum absolute atomic E-state index is 6.14. The number of fused-ring (bicyclic) bond motifs is 3. The van der Waals surface area contributed by atoms with Gasteiger partial charge in [-0.25, -0.2) is 9.97 Å². The van der Waals surface area contributed by atoms with E-state index in [1.54, 1.807) is 11.3 Å². The zero-order valence-corrected chi connectivity index (χ0v) is 13.4. The highest BCUT2D eigenvalue weighted by atomic mass is 32.1. The van der Waals surface area contributed by atoms with Gasteiger partial charge in [0.25, 0.3) is 0 Å². The van der Waals surface area contributed by atoms with Crippen molar-refractivity contribution in [3.05, 3.63) is 34.8 Å². The molecule has 116 valence electrons. The van der Waals surface area contributed by atoms with Crippen LogP contribution >= 0.6 is 11.3 Å². The summed E-state index contributed by atoms with van der Waals surface area (Å²) in [5.41, 5.74) is 15.8. The molecule has 4 N–H and O–H groups in total. The predicted octanol–water partition coefficient (Wildman–Crippen LogP) is 2.79. The molecule has 0 bridgehead atoms. The number of nitrogens with zero attached hydrogens (tertiary/aromatic N) is 3. The number of hydrogen-bond donors (Lipinski definition) is 2. The van der Waals surface area contributed by atoms with Crippen LogP contribution in [-0.2, 0) is 6.42 Å². The molecule has 1 aromatic carbocycles. The fourth-order valence-corrected chi connectivity index (χ4v) is 3.96. The van der Waals surface area contributed by atoms with Gasteiger partial charge in [0, 0.05) is 18.0 Å². The molecule has 0 amide bonds. The van der Waals surface area contributed by atoms with Crippen molar-refractivity contribution in [3.63, 3.8) is 0 Å². The van der Waals surface area contributed by atoms with Gasteiger partial charge in [-0.15, -0.1) is 11.3 Å². The largest absolute Gasteiger partial charge is 0.382 e. The molecule has 2 aromatic heterocycles. The summed E-state index contributed by atoms with van der Waals surface area (Å²) < 4.78 is 1.11. The van der Waals surface area contributed by atoms with E-state index in [1.807, 2.05) is 12.3 Å². The fraction of sp³-hybridized carbons (Fsp3) is 0.235. The average Bonchev–Trinajstić information content (AvgIpc) is 3.22. The van der Waals surface area contributed by atoms with Gasteiger partial charge >= 0.3 is 0 Å². The Kier molecular flexibility index (Phi) is 3.55. The quantitative estimate of drug-likeness (QED) is 0.772. The number of aromatic nitrogens is 2. The lowest BCUT2D eigenvalue weighted by Crippen LogP contribution is -2.00. The topological polar surface area (TPSA) is 90.2 Å². The Hall–Kier alpha value is -2.31. The number of rotatable bonds is 4. The minimum atomic E-state index is 0.497. The van der Waals surface area contributed by atoms with E-state index in [2.05, 4.69) is 33.2 Å². The van der Waals surface area contributed by atoms with Crippen LogP contribution in [0, 0.1) is 0 Å². The van der Waals surface area contributed by atoms with Crippen LogP contribution in [0.4, 0.5) is 5.82 Å². The SMILES string of the molecule is NCCCc1nc2c(N)nc3cc(C4=CC=NC4)ccc3c2s1. The van der Waals surface area contributed by atoms with E-state index in [0.717, 1.165) is 51.1 Å². The second kappa shape index (κ2) is 5.72. The van der Waals surface area contributed by atoms with Crippen LogP contribution in [0.2, 0.25) is 0 Å². The highest BCUT2D eigenvalue weighted by molar-refractivity contribution is 7.19. The summed E-state index contributed by atoms with van der Waals surface area (Å²) >= 11 is 1.69. The van der Waals surface area contributed by atoms with Gasteiger partial charge in [0.1, 0.15) is 5.52 Å². The number of allylic oxidation sites excluding steroid dienone is 1. The maximum atomic E-state index is 6.14. The van der Waals surface area contributed by atoms with Gasteiger partial charge in [-0.1, -0.05) is 12.1 Å². The van der Waals surface area contributed by atoms with Crippen LogP contribution in [-0.4, -0.2) is 29.3 Å².